The molecule has 3 aromatic rings. The number of carbonyl (C=O) groups is 1. The summed E-state index contributed by atoms with van der Waals surface area (Å²) in [5.41, 5.74) is 1.40. The van der Waals surface area contributed by atoms with Crippen molar-refractivity contribution in [1.82, 2.24) is 5.32 Å². The number of hydrogen-bond acceptors (Lipinski definition) is 3. The number of nitrogens with zero attached hydrogens (tertiary/aromatic N) is 1. The zero-order valence-corrected chi connectivity index (χ0v) is 19.9. The number of anilines is 1. The molecule has 8 heteroatoms. The average molecular weight is 491 g/mol. The van der Waals surface area contributed by atoms with Crippen molar-refractivity contribution >= 4 is 44.8 Å². The van der Waals surface area contributed by atoms with Gasteiger partial charge in [0.25, 0.3) is 10.0 Å². The van der Waals surface area contributed by atoms with Crippen molar-refractivity contribution in [2.75, 3.05) is 10.8 Å². The number of carbonyl (C=O) groups excluding carboxylic acids is 1. The van der Waals surface area contributed by atoms with Crippen LogP contribution in [0.25, 0.3) is 0 Å². The molecule has 0 saturated carbocycles. The van der Waals surface area contributed by atoms with E-state index in [1.54, 1.807) is 18.2 Å². The van der Waals surface area contributed by atoms with E-state index in [4.69, 9.17) is 23.2 Å². The fourth-order valence-electron chi connectivity index (χ4n) is 3.27. The first-order chi connectivity index (χ1) is 15.3. The summed E-state index contributed by atoms with van der Waals surface area (Å²) in [6.07, 6.45) is 1.53. The number of halogens is 2. The molecule has 32 heavy (non-hydrogen) atoms. The number of amides is 1. The molecule has 0 aliphatic carbocycles. The molecule has 168 valence electrons. The van der Waals surface area contributed by atoms with Crippen LogP contribution in [-0.2, 0) is 21.2 Å². The van der Waals surface area contributed by atoms with E-state index in [2.05, 4.69) is 5.32 Å². The van der Waals surface area contributed by atoms with Crippen LogP contribution in [0.4, 0.5) is 5.69 Å². The summed E-state index contributed by atoms with van der Waals surface area (Å²) in [4.78, 5) is 12.9. The minimum absolute atomic E-state index is 0.0704. The highest BCUT2D eigenvalue weighted by Crippen LogP contribution is 2.29. The van der Waals surface area contributed by atoms with Crippen LogP contribution in [0.1, 0.15) is 18.9 Å². The Labute approximate surface area is 199 Å². The predicted octanol–water partition coefficient (Wildman–Crippen LogP) is 5.33. The van der Waals surface area contributed by atoms with Gasteiger partial charge in [0, 0.05) is 16.1 Å². The number of nitrogens with one attached hydrogen (secondary N) is 1. The second-order valence-corrected chi connectivity index (χ2v) is 10.2. The van der Waals surface area contributed by atoms with Gasteiger partial charge in [-0.2, -0.15) is 0 Å². The molecule has 0 aliphatic rings. The fraction of sp³-hybridized carbons (Fsp3) is 0.208. The highest BCUT2D eigenvalue weighted by Gasteiger charge is 2.28. The maximum atomic E-state index is 13.3. The van der Waals surface area contributed by atoms with Gasteiger partial charge in [-0.05, 0) is 55.7 Å². The smallest absolute Gasteiger partial charge is 0.264 e. The van der Waals surface area contributed by atoms with Gasteiger partial charge in [0.05, 0.1) is 10.6 Å². The summed E-state index contributed by atoms with van der Waals surface area (Å²) >= 11 is 12.2. The van der Waals surface area contributed by atoms with Crippen LogP contribution in [0.15, 0.2) is 83.8 Å². The second-order valence-electron chi connectivity index (χ2n) is 7.45. The van der Waals surface area contributed by atoms with Gasteiger partial charge < -0.3 is 5.32 Å². The van der Waals surface area contributed by atoms with Crippen molar-refractivity contribution < 1.29 is 13.2 Å². The molecule has 0 radical (unpaired) electrons. The van der Waals surface area contributed by atoms with Gasteiger partial charge in [0.15, 0.2) is 0 Å². The van der Waals surface area contributed by atoms with Gasteiger partial charge in [-0.15, -0.1) is 0 Å². The number of aryl methyl sites for hydroxylation is 1. The molecular formula is C24H24Cl2N2O3S. The fourth-order valence-corrected chi connectivity index (χ4v) is 5.21. The first kappa shape index (κ1) is 24.1. The Morgan fingerprint density at radius 1 is 0.938 bits per heavy atom. The lowest BCUT2D eigenvalue weighted by molar-refractivity contribution is -0.120. The standard InChI is InChI=1S/C24H24Cl2N2O3S/c1-18(12-13-19-8-4-2-5-9-19)27-24(29)17-28(22-15-20(25)14-21(26)16-22)32(30,31)23-10-6-3-7-11-23/h2-11,14-16,18H,12-13,17H2,1H3,(H,27,29)/t18-/m1/s1. The molecule has 1 atom stereocenters. The van der Waals surface area contributed by atoms with Gasteiger partial charge in [-0.25, -0.2) is 8.42 Å². The zero-order valence-electron chi connectivity index (χ0n) is 17.5. The molecule has 3 rings (SSSR count). The summed E-state index contributed by atoms with van der Waals surface area (Å²) in [6, 6.07) is 22.2. The van der Waals surface area contributed by atoms with Crippen LogP contribution in [0.2, 0.25) is 10.0 Å². The molecule has 0 spiro atoms. The lowest BCUT2D eigenvalue weighted by Crippen LogP contribution is -2.43. The first-order valence-electron chi connectivity index (χ1n) is 10.1. The largest absolute Gasteiger partial charge is 0.352 e. The average Bonchev–Trinajstić information content (AvgIpc) is 2.76. The number of hydrogen-bond donors (Lipinski definition) is 1. The van der Waals surface area contributed by atoms with Gasteiger partial charge in [-0.3, -0.25) is 9.10 Å². The SMILES string of the molecule is C[C@H](CCc1ccccc1)NC(=O)CN(c1cc(Cl)cc(Cl)c1)S(=O)(=O)c1ccccc1. The molecule has 0 heterocycles. The van der Waals surface area contributed by atoms with E-state index in [1.165, 1.54) is 35.9 Å². The van der Waals surface area contributed by atoms with E-state index < -0.39 is 22.5 Å². The maximum Gasteiger partial charge on any atom is 0.264 e. The van der Waals surface area contributed by atoms with Crippen molar-refractivity contribution in [3.05, 3.63) is 94.5 Å². The van der Waals surface area contributed by atoms with Crippen molar-refractivity contribution in [3.63, 3.8) is 0 Å². The summed E-state index contributed by atoms with van der Waals surface area (Å²) in [5.74, 6) is -0.416. The number of rotatable bonds is 9. The monoisotopic (exact) mass is 490 g/mol. The molecule has 0 aliphatic heterocycles. The van der Waals surface area contributed by atoms with Crippen LogP contribution in [0.3, 0.4) is 0 Å². The van der Waals surface area contributed by atoms with Crippen molar-refractivity contribution in [2.45, 2.75) is 30.7 Å². The minimum atomic E-state index is -4.02. The van der Waals surface area contributed by atoms with E-state index in [0.717, 1.165) is 17.1 Å². The molecule has 0 fully saturated rings. The Morgan fingerprint density at radius 2 is 1.50 bits per heavy atom. The number of benzene rings is 3. The van der Waals surface area contributed by atoms with Gasteiger partial charge in [-0.1, -0.05) is 71.7 Å². The van der Waals surface area contributed by atoms with Crippen LogP contribution in [0, 0.1) is 0 Å². The molecular weight excluding hydrogens is 467 g/mol. The van der Waals surface area contributed by atoms with Gasteiger partial charge in [0.2, 0.25) is 5.91 Å². The van der Waals surface area contributed by atoms with E-state index >= 15 is 0 Å². The molecule has 0 bridgehead atoms. The third-order valence-electron chi connectivity index (χ3n) is 4.87. The second kappa shape index (κ2) is 10.9. The Hall–Kier alpha value is -2.54. The Bertz CT molecular complexity index is 1140. The highest BCUT2D eigenvalue weighted by atomic mass is 35.5. The predicted molar refractivity (Wildman–Crippen MR) is 130 cm³/mol. The third kappa shape index (κ3) is 6.48. The van der Waals surface area contributed by atoms with Crippen LogP contribution in [-0.4, -0.2) is 26.9 Å². The van der Waals surface area contributed by atoms with Crippen LogP contribution in [0.5, 0.6) is 0 Å². The van der Waals surface area contributed by atoms with Crippen molar-refractivity contribution in [3.8, 4) is 0 Å². The van der Waals surface area contributed by atoms with Crippen molar-refractivity contribution in [1.29, 1.82) is 0 Å². The maximum absolute atomic E-state index is 13.3. The van der Waals surface area contributed by atoms with Crippen LogP contribution >= 0.6 is 23.2 Å². The van der Waals surface area contributed by atoms with E-state index in [1.807, 2.05) is 37.3 Å². The summed E-state index contributed by atoms with van der Waals surface area (Å²) in [7, 11) is -4.02. The van der Waals surface area contributed by atoms with Crippen molar-refractivity contribution in [2.24, 2.45) is 0 Å². The van der Waals surface area contributed by atoms with E-state index in [-0.39, 0.29) is 26.7 Å². The Balaban J connectivity index is 1.78. The normalized spacial score (nSPS) is 12.2. The molecule has 5 nitrogen and oxygen atoms in total. The van der Waals surface area contributed by atoms with Gasteiger partial charge >= 0.3 is 0 Å². The zero-order chi connectivity index (χ0) is 23.1. The number of sulfonamides is 1. The van der Waals surface area contributed by atoms with E-state index in [0.29, 0.717) is 0 Å². The minimum Gasteiger partial charge on any atom is -0.352 e. The summed E-state index contributed by atoms with van der Waals surface area (Å²) in [6.45, 7) is 1.50. The topological polar surface area (TPSA) is 66.5 Å². The molecule has 1 N–H and O–H groups in total. The molecule has 0 saturated heterocycles. The quantitative estimate of drug-likeness (QED) is 0.440. The third-order valence-corrected chi connectivity index (χ3v) is 7.09. The highest BCUT2D eigenvalue weighted by molar-refractivity contribution is 7.92. The Morgan fingerprint density at radius 3 is 2.09 bits per heavy atom. The summed E-state index contributed by atoms with van der Waals surface area (Å²) < 4.78 is 27.7. The molecule has 0 unspecified atom stereocenters. The lowest BCUT2D eigenvalue weighted by Gasteiger charge is -2.25. The first-order valence-corrected chi connectivity index (χ1v) is 12.3. The molecule has 0 aromatic heterocycles. The molecule has 3 aromatic carbocycles. The molecule has 1 amide bonds. The Kier molecular flexibility index (Phi) is 8.18. The van der Waals surface area contributed by atoms with E-state index in [9.17, 15) is 13.2 Å². The van der Waals surface area contributed by atoms with Crippen LogP contribution < -0.4 is 9.62 Å². The van der Waals surface area contributed by atoms with Gasteiger partial charge in [0.1, 0.15) is 6.54 Å². The summed E-state index contributed by atoms with van der Waals surface area (Å²) in [5, 5.41) is 3.44. The lowest BCUT2D eigenvalue weighted by atomic mass is 10.1.